The lowest BCUT2D eigenvalue weighted by Gasteiger charge is -2.57. The first-order chi connectivity index (χ1) is 12.0. The van der Waals surface area contributed by atoms with Crippen molar-refractivity contribution in [3.8, 4) is 0 Å². The van der Waals surface area contributed by atoms with Crippen molar-refractivity contribution in [2.75, 3.05) is 13.2 Å². The van der Waals surface area contributed by atoms with Gasteiger partial charge < -0.3 is 9.47 Å². The highest BCUT2D eigenvalue weighted by Crippen LogP contribution is 2.62. The summed E-state index contributed by atoms with van der Waals surface area (Å²) in [5.74, 6) is -0.628. The average molecular weight is 403 g/mol. The van der Waals surface area contributed by atoms with Crippen molar-refractivity contribution in [3.63, 3.8) is 0 Å². The Bertz CT molecular complexity index is 811. The molecule has 4 heteroatoms. The zero-order valence-corrected chi connectivity index (χ0v) is 16.8. The summed E-state index contributed by atoms with van der Waals surface area (Å²) >= 11 is 3.66. The summed E-state index contributed by atoms with van der Waals surface area (Å²) in [6, 6.07) is 13.2. The Hall–Kier alpha value is -1.23. The monoisotopic (exact) mass is 402 g/mol. The van der Waals surface area contributed by atoms with Crippen LogP contribution >= 0.6 is 15.9 Å². The molecule has 0 N–H and O–H groups in total. The lowest BCUT2D eigenvalue weighted by molar-refractivity contribution is -0.755. The van der Waals surface area contributed by atoms with Gasteiger partial charge >= 0.3 is 0 Å². The van der Waals surface area contributed by atoms with Crippen molar-refractivity contribution in [3.05, 3.63) is 63.9 Å². The van der Waals surface area contributed by atoms with Gasteiger partial charge in [-0.15, -0.1) is 0 Å². The van der Waals surface area contributed by atoms with E-state index in [0.717, 1.165) is 4.47 Å². The Balaban J connectivity index is 2.08. The van der Waals surface area contributed by atoms with Gasteiger partial charge in [-0.25, -0.2) is 0 Å². The first-order valence-corrected chi connectivity index (χ1v) is 9.84. The molecule has 2 atom stereocenters. The van der Waals surface area contributed by atoms with Crippen LogP contribution in [0.2, 0.25) is 0 Å². The van der Waals surface area contributed by atoms with Gasteiger partial charge in [-0.05, 0) is 45.4 Å². The summed E-state index contributed by atoms with van der Waals surface area (Å²) in [6.45, 7) is 9.93. The first-order valence-electron chi connectivity index (χ1n) is 9.05. The summed E-state index contributed by atoms with van der Waals surface area (Å²) in [5.41, 5.74) is 3.74. The molecule has 2 unspecified atom stereocenters. The highest BCUT2D eigenvalue weighted by atomic mass is 79.9. The third-order valence-corrected chi connectivity index (χ3v) is 6.32. The fourth-order valence-corrected chi connectivity index (χ4v) is 5.39. The van der Waals surface area contributed by atoms with Crippen molar-refractivity contribution in [2.24, 2.45) is 5.41 Å². The summed E-state index contributed by atoms with van der Waals surface area (Å²) in [4.78, 5) is 0. The van der Waals surface area contributed by atoms with Crippen LogP contribution in [0.1, 0.15) is 56.5 Å². The Morgan fingerprint density at radius 1 is 1.04 bits per heavy atom. The van der Waals surface area contributed by atoms with Crippen molar-refractivity contribution >= 4 is 15.9 Å². The van der Waals surface area contributed by atoms with E-state index in [2.05, 4.69) is 90.8 Å². The Kier molecular flexibility index (Phi) is 4.06. The molecule has 0 fully saturated rings. The van der Waals surface area contributed by atoms with Gasteiger partial charge in [0, 0.05) is 35.4 Å². The van der Waals surface area contributed by atoms with E-state index in [4.69, 9.17) is 9.47 Å². The largest absolute Gasteiger partial charge is 0.348 e. The molecular weight excluding hydrogens is 378 g/mol. The smallest absolute Gasteiger partial charge is 0.196 e. The normalized spacial score (nSPS) is 24.7. The van der Waals surface area contributed by atoms with E-state index in [-0.39, 0.29) is 17.4 Å². The SMILES string of the molecule is CCOC1(OCC)C2c3cc(Br)ccc3C([n+]3ccccc32)C1(C)C. The fraction of sp³-hybridized carbons (Fsp3) is 0.476. The maximum atomic E-state index is 6.46. The molecule has 0 radical (unpaired) electrons. The topological polar surface area (TPSA) is 22.3 Å². The van der Waals surface area contributed by atoms with Crippen LogP contribution in [0.15, 0.2) is 47.1 Å². The third-order valence-electron chi connectivity index (χ3n) is 5.83. The molecule has 0 amide bonds. The van der Waals surface area contributed by atoms with Gasteiger partial charge in [0.15, 0.2) is 23.7 Å². The molecule has 3 aliphatic rings. The predicted molar refractivity (Wildman–Crippen MR) is 101 cm³/mol. The zero-order chi connectivity index (χ0) is 17.8. The number of benzene rings is 1. The molecular formula is C21H25BrNO2+. The molecule has 3 heterocycles. The average Bonchev–Trinajstić information content (AvgIpc) is 2.58. The number of fused-ring (bicyclic) bond motifs is 1. The molecule has 0 saturated heterocycles. The molecule has 2 aromatic rings. The van der Waals surface area contributed by atoms with Gasteiger partial charge in [0.25, 0.3) is 0 Å². The summed E-state index contributed by atoms with van der Waals surface area (Å²) in [6.07, 6.45) is 2.20. The predicted octanol–water partition coefficient (Wildman–Crippen LogP) is 4.58. The number of hydrogen-bond donors (Lipinski definition) is 0. The van der Waals surface area contributed by atoms with Crippen LogP contribution in [0.25, 0.3) is 0 Å². The van der Waals surface area contributed by atoms with Gasteiger partial charge in [-0.2, -0.15) is 4.57 Å². The molecule has 1 aliphatic carbocycles. The second kappa shape index (κ2) is 5.90. The maximum Gasteiger partial charge on any atom is 0.196 e. The van der Waals surface area contributed by atoms with Crippen LogP contribution in [0, 0.1) is 5.41 Å². The van der Waals surface area contributed by atoms with E-state index in [1.165, 1.54) is 16.8 Å². The third kappa shape index (κ3) is 2.14. The molecule has 1 aromatic carbocycles. The van der Waals surface area contributed by atoms with E-state index < -0.39 is 5.79 Å². The minimum absolute atomic E-state index is 0.0427. The molecule has 3 nitrogen and oxygen atoms in total. The lowest BCUT2D eigenvalue weighted by Crippen LogP contribution is -2.71. The summed E-state index contributed by atoms with van der Waals surface area (Å²) < 4.78 is 16.4. The highest BCUT2D eigenvalue weighted by Gasteiger charge is 2.70. The number of nitrogens with zero attached hydrogens (tertiary/aromatic N) is 1. The van der Waals surface area contributed by atoms with Crippen molar-refractivity contribution in [2.45, 2.75) is 45.4 Å². The maximum absolute atomic E-state index is 6.46. The minimum atomic E-state index is -0.670. The summed E-state index contributed by atoms with van der Waals surface area (Å²) in [5, 5.41) is 0. The van der Waals surface area contributed by atoms with Crippen LogP contribution in [-0.2, 0) is 9.47 Å². The van der Waals surface area contributed by atoms with Gasteiger partial charge in [-0.1, -0.05) is 28.1 Å². The molecule has 132 valence electrons. The number of aromatic nitrogens is 1. The highest BCUT2D eigenvalue weighted by molar-refractivity contribution is 9.10. The van der Waals surface area contributed by atoms with Crippen molar-refractivity contribution in [1.29, 1.82) is 0 Å². The standard InChI is InChI=1S/C21H25BrNO2/c1-5-24-21(25-6-2)18-16-13-14(22)10-11-15(16)19(20(21,3)4)23-12-8-7-9-17(18)23/h7-13,18-19H,5-6H2,1-4H3/q+1. The molecule has 25 heavy (non-hydrogen) atoms. The van der Waals surface area contributed by atoms with Gasteiger partial charge in [-0.3, -0.25) is 0 Å². The second-order valence-electron chi connectivity index (χ2n) is 7.40. The van der Waals surface area contributed by atoms with E-state index in [1.54, 1.807) is 0 Å². The number of pyridine rings is 1. The Labute approximate surface area is 158 Å². The van der Waals surface area contributed by atoms with E-state index >= 15 is 0 Å². The van der Waals surface area contributed by atoms with Crippen LogP contribution < -0.4 is 4.57 Å². The second-order valence-corrected chi connectivity index (χ2v) is 8.31. The zero-order valence-electron chi connectivity index (χ0n) is 15.3. The van der Waals surface area contributed by atoms with Crippen molar-refractivity contribution < 1.29 is 14.0 Å². The van der Waals surface area contributed by atoms with Crippen LogP contribution in [0.5, 0.6) is 0 Å². The summed E-state index contributed by atoms with van der Waals surface area (Å²) in [7, 11) is 0. The molecule has 0 spiro atoms. The van der Waals surface area contributed by atoms with Gasteiger partial charge in [0.2, 0.25) is 0 Å². The molecule has 0 saturated carbocycles. The quantitative estimate of drug-likeness (QED) is 0.551. The fourth-order valence-electron chi connectivity index (χ4n) is 5.01. The van der Waals surface area contributed by atoms with Gasteiger partial charge in [0.1, 0.15) is 5.92 Å². The van der Waals surface area contributed by atoms with E-state index in [0.29, 0.717) is 13.2 Å². The Morgan fingerprint density at radius 2 is 1.76 bits per heavy atom. The molecule has 2 bridgehead atoms. The van der Waals surface area contributed by atoms with Crippen LogP contribution in [-0.4, -0.2) is 19.0 Å². The number of hydrogen-bond acceptors (Lipinski definition) is 2. The minimum Gasteiger partial charge on any atom is -0.348 e. The van der Waals surface area contributed by atoms with E-state index in [1.807, 2.05) is 0 Å². The molecule has 1 aromatic heterocycles. The van der Waals surface area contributed by atoms with Crippen LogP contribution in [0.3, 0.4) is 0 Å². The molecule has 5 rings (SSSR count). The first kappa shape index (κ1) is 17.2. The number of ether oxygens (including phenoxy) is 2. The van der Waals surface area contributed by atoms with Crippen molar-refractivity contribution in [1.82, 2.24) is 0 Å². The number of rotatable bonds is 4. The van der Waals surface area contributed by atoms with Gasteiger partial charge in [0.05, 0.1) is 5.41 Å². The number of halogens is 1. The van der Waals surface area contributed by atoms with E-state index in [9.17, 15) is 0 Å². The molecule has 2 aliphatic heterocycles. The Morgan fingerprint density at radius 3 is 2.44 bits per heavy atom. The lowest BCUT2D eigenvalue weighted by atomic mass is 9.57. The van der Waals surface area contributed by atoms with Crippen LogP contribution in [0.4, 0.5) is 0 Å².